The highest BCUT2D eigenvalue weighted by molar-refractivity contribution is 6.46. The van der Waals surface area contributed by atoms with E-state index in [1.165, 1.54) is 32.3 Å². The number of benzene rings is 2. The van der Waals surface area contributed by atoms with Gasteiger partial charge in [0.15, 0.2) is 11.5 Å². The number of aliphatic hydroxyl groups excluding tert-OH is 1. The predicted molar refractivity (Wildman–Crippen MR) is 133 cm³/mol. The van der Waals surface area contributed by atoms with Crippen molar-refractivity contribution in [1.82, 2.24) is 14.5 Å². The first kappa shape index (κ1) is 25.1. The van der Waals surface area contributed by atoms with Gasteiger partial charge in [0.25, 0.3) is 11.7 Å². The van der Waals surface area contributed by atoms with Crippen molar-refractivity contribution in [3.63, 3.8) is 0 Å². The largest absolute Gasteiger partial charge is 0.507 e. The Balaban J connectivity index is 1.79. The van der Waals surface area contributed by atoms with Crippen molar-refractivity contribution in [2.24, 2.45) is 0 Å². The number of nitrogens with zero attached hydrogens (tertiary/aromatic N) is 3. The number of imidazole rings is 1. The summed E-state index contributed by atoms with van der Waals surface area (Å²) >= 11 is 6.26. The number of hydrogen-bond acceptors (Lipinski definition) is 7. The van der Waals surface area contributed by atoms with Gasteiger partial charge >= 0.3 is 0 Å². The van der Waals surface area contributed by atoms with Gasteiger partial charge in [-0.2, -0.15) is 0 Å². The third kappa shape index (κ3) is 4.74. The van der Waals surface area contributed by atoms with Crippen LogP contribution >= 0.6 is 11.6 Å². The zero-order valence-corrected chi connectivity index (χ0v) is 20.9. The Kier molecular flexibility index (Phi) is 7.49. The molecule has 1 saturated heterocycles. The summed E-state index contributed by atoms with van der Waals surface area (Å²) in [5.74, 6) is -0.436. The molecule has 0 saturated carbocycles. The molecule has 0 unspecified atom stereocenters. The monoisotopic (exact) mass is 511 g/mol. The number of methoxy groups -OCH3 is 3. The van der Waals surface area contributed by atoms with Crippen LogP contribution < -0.4 is 14.2 Å². The maximum absolute atomic E-state index is 13.3. The molecule has 1 fully saturated rings. The van der Waals surface area contributed by atoms with Crippen molar-refractivity contribution in [1.29, 1.82) is 0 Å². The van der Waals surface area contributed by atoms with E-state index in [1.807, 2.05) is 10.8 Å². The van der Waals surface area contributed by atoms with Crippen molar-refractivity contribution in [2.75, 3.05) is 27.9 Å². The van der Waals surface area contributed by atoms with Gasteiger partial charge in [-0.25, -0.2) is 4.98 Å². The number of rotatable bonds is 9. The molecule has 1 amide bonds. The smallest absolute Gasteiger partial charge is 0.295 e. The molecule has 3 aromatic rings. The molecule has 0 aliphatic carbocycles. The van der Waals surface area contributed by atoms with E-state index < -0.39 is 17.7 Å². The number of likely N-dealkylation sites (tertiary alicyclic amines) is 1. The van der Waals surface area contributed by atoms with Crippen LogP contribution in [0.25, 0.3) is 5.76 Å². The quantitative estimate of drug-likeness (QED) is 0.262. The van der Waals surface area contributed by atoms with Crippen molar-refractivity contribution < 1.29 is 28.9 Å². The molecule has 9 nitrogen and oxygen atoms in total. The number of hydrogen-bond donors (Lipinski definition) is 1. The van der Waals surface area contributed by atoms with Gasteiger partial charge in [-0.05, 0) is 42.3 Å². The molecule has 0 bridgehead atoms. The number of aryl methyl sites for hydroxylation is 1. The molecule has 188 valence electrons. The molecule has 1 N–H and O–H groups in total. The Morgan fingerprint density at radius 2 is 1.72 bits per heavy atom. The summed E-state index contributed by atoms with van der Waals surface area (Å²) in [5, 5.41) is 11.5. The fourth-order valence-electron chi connectivity index (χ4n) is 4.29. The van der Waals surface area contributed by atoms with Crippen LogP contribution in [0.5, 0.6) is 17.2 Å². The summed E-state index contributed by atoms with van der Waals surface area (Å²) in [5.41, 5.74) is 0.856. The maximum Gasteiger partial charge on any atom is 0.295 e. The molecule has 0 spiro atoms. The number of carbonyl (C=O) groups excluding carboxylic acids is 2. The minimum absolute atomic E-state index is 0.0314. The van der Waals surface area contributed by atoms with E-state index in [1.54, 1.807) is 42.9 Å². The van der Waals surface area contributed by atoms with E-state index in [0.29, 0.717) is 41.3 Å². The van der Waals surface area contributed by atoms with E-state index in [0.717, 1.165) is 0 Å². The number of ketones is 1. The summed E-state index contributed by atoms with van der Waals surface area (Å²) in [4.78, 5) is 31.9. The zero-order valence-electron chi connectivity index (χ0n) is 20.1. The first-order chi connectivity index (χ1) is 17.4. The molecule has 36 heavy (non-hydrogen) atoms. The van der Waals surface area contributed by atoms with E-state index in [2.05, 4.69) is 4.98 Å². The summed E-state index contributed by atoms with van der Waals surface area (Å²) in [6.45, 7) is 0.887. The molecular formula is C26H26ClN3O6. The molecule has 0 radical (unpaired) electrons. The summed E-state index contributed by atoms with van der Waals surface area (Å²) in [6, 6.07) is 8.97. The van der Waals surface area contributed by atoms with E-state index in [9.17, 15) is 14.7 Å². The van der Waals surface area contributed by atoms with E-state index >= 15 is 0 Å². The van der Waals surface area contributed by atoms with Gasteiger partial charge in [-0.3, -0.25) is 9.59 Å². The van der Waals surface area contributed by atoms with Crippen molar-refractivity contribution in [3.05, 3.63) is 76.8 Å². The van der Waals surface area contributed by atoms with Crippen LogP contribution in [0, 0.1) is 0 Å². The Labute approximate surface area is 213 Å². The molecule has 2 aromatic carbocycles. The van der Waals surface area contributed by atoms with Gasteiger partial charge in [-0.15, -0.1) is 0 Å². The van der Waals surface area contributed by atoms with Crippen LogP contribution in [0.4, 0.5) is 0 Å². The summed E-state index contributed by atoms with van der Waals surface area (Å²) in [7, 11) is 4.50. The second-order valence-corrected chi connectivity index (χ2v) is 8.52. The van der Waals surface area contributed by atoms with E-state index in [4.69, 9.17) is 25.8 Å². The molecule has 10 heteroatoms. The highest BCUT2D eigenvalue weighted by Gasteiger charge is 2.46. The number of carbonyl (C=O) groups is 2. The van der Waals surface area contributed by atoms with Gasteiger partial charge in [0, 0.05) is 31.0 Å². The standard InChI is InChI=1S/C26H26ClN3O6/c1-34-19-7-6-17(13-18(19)27)24(31)22-23(16-5-8-20(35-2)21(14-16)36-3)30(26(33)25(22)32)11-4-10-29-12-9-28-15-29/h5-9,12-15,23,31H,4,10-11H2,1-3H3/b24-22+/t23-/m1/s1. The lowest BCUT2D eigenvalue weighted by molar-refractivity contribution is -0.139. The van der Waals surface area contributed by atoms with Crippen LogP contribution in [-0.2, 0) is 16.1 Å². The zero-order chi connectivity index (χ0) is 25.8. The molecule has 1 aliphatic heterocycles. The molecule has 2 heterocycles. The molecular weight excluding hydrogens is 486 g/mol. The highest BCUT2D eigenvalue weighted by atomic mass is 35.5. The van der Waals surface area contributed by atoms with Crippen molar-refractivity contribution in [3.8, 4) is 17.2 Å². The van der Waals surface area contributed by atoms with Crippen LogP contribution in [0.3, 0.4) is 0 Å². The average molecular weight is 512 g/mol. The highest BCUT2D eigenvalue weighted by Crippen LogP contribution is 2.42. The first-order valence-corrected chi connectivity index (χ1v) is 11.6. The van der Waals surface area contributed by atoms with Crippen LogP contribution in [0.1, 0.15) is 23.6 Å². The normalized spacial score (nSPS) is 16.9. The lowest BCUT2D eigenvalue weighted by Crippen LogP contribution is -2.31. The summed E-state index contributed by atoms with van der Waals surface area (Å²) in [6.07, 6.45) is 5.76. The number of aromatic nitrogens is 2. The second-order valence-electron chi connectivity index (χ2n) is 8.11. The lowest BCUT2D eigenvalue weighted by atomic mass is 9.95. The summed E-state index contributed by atoms with van der Waals surface area (Å²) < 4.78 is 17.9. The average Bonchev–Trinajstić information content (AvgIpc) is 3.50. The van der Waals surface area contributed by atoms with E-state index in [-0.39, 0.29) is 22.9 Å². The minimum atomic E-state index is -0.839. The second kappa shape index (κ2) is 10.7. The number of amides is 1. The molecule has 1 atom stereocenters. The Hall–Kier alpha value is -3.98. The van der Waals surface area contributed by atoms with Gasteiger partial charge in [0.2, 0.25) is 0 Å². The molecule has 1 aliphatic rings. The van der Waals surface area contributed by atoms with Crippen LogP contribution in [-0.4, -0.2) is 59.1 Å². The number of aliphatic hydroxyl groups is 1. The predicted octanol–water partition coefficient (Wildman–Crippen LogP) is 4.07. The fraction of sp³-hybridized carbons (Fsp3) is 0.269. The first-order valence-electron chi connectivity index (χ1n) is 11.2. The number of Topliss-reactive ketones (excluding diaryl/α,β-unsaturated/α-hetero) is 1. The topological polar surface area (TPSA) is 103 Å². The van der Waals surface area contributed by atoms with Crippen molar-refractivity contribution >= 4 is 29.1 Å². The van der Waals surface area contributed by atoms with Gasteiger partial charge in [0.05, 0.1) is 44.3 Å². The molecule has 1 aromatic heterocycles. The van der Waals surface area contributed by atoms with Crippen molar-refractivity contribution in [2.45, 2.75) is 19.0 Å². The number of halogens is 1. The maximum atomic E-state index is 13.3. The Morgan fingerprint density at radius 3 is 2.36 bits per heavy atom. The lowest BCUT2D eigenvalue weighted by Gasteiger charge is -2.26. The van der Waals surface area contributed by atoms with Gasteiger partial charge in [-0.1, -0.05) is 17.7 Å². The van der Waals surface area contributed by atoms with Crippen LogP contribution in [0.15, 0.2) is 60.7 Å². The Morgan fingerprint density at radius 1 is 1.00 bits per heavy atom. The fourth-order valence-corrected chi connectivity index (χ4v) is 4.55. The SMILES string of the molecule is COc1ccc(/C(O)=C2\C(=O)C(=O)N(CCCn3ccnc3)[C@@H]2c2ccc(OC)c(OC)c2)cc1Cl. The molecule has 4 rings (SSSR count). The third-order valence-corrected chi connectivity index (χ3v) is 6.36. The van der Waals surface area contributed by atoms with Gasteiger partial charge < -0.3 is 28.8 Å². The Bertz CT molecular complexity index is 1310. The van der Waals surface area contributed by atoms with Gasteiger partial charge in [0.1, 0.15) is 11.5 Å². The minimum Gasteiger partial charge on any atom is -0.507 e. The third-order valence-electron chi connectivity index (χ3n) is 6.06. The van der Waals surface area contributed by atoms with Crippen LogP contribution in [0.2, 0.25) is 5.02 Å². The number of ether oxygens (including phenoxy) is 3.